The second-order valence-electron chi connectivity index (χ2n) is 5.48. The number of ether oxygens (including phenoxy) is 1. The fourth-order valence-electron chi connectivity index (χ4n) is 2.81. The minimum Gasteiger partial charge on any atom is -0.383 e. The van der Waals surface area contributed by atoms with Crippen LogP contribution in [0.5, 0.6) is 0 Å². The molecule has 1 aromatic carbocycles. The fraction of sp³-hybridized carbons (Fsp3) is 0.625. The molecule has 1 aliphatic heterocycles. The van der Waals surface area contributed by atoms with Gasteiger partial charge in [0, 0.05) is 32.4 Å². The number of nitrogens with one attached hydrogen (secondary N) is 1. The number of fused-ring (bicyclic) bond motifs is 1. The summed E-state index contributed by atoms with van der Waals surface area (Å²) in [6, 6.07) is 8.84. The summed E-state index contributed by atoms with van der Waals surface area (Å²) in [6.07, 6.45) is 2.41. The molecule has 0 bridgehead atoms. The van der Waals surface area contributed by atoms with Crippen molar-refractivity contribution in [2.75, 3.05) is 44.8 Å². The van der Waals surface area contributed by atoms with E-state index in [1.807, 2.05) is 0 Å². The molecule has 3 heteroatoms. The minimum absolute atomic E-state index is 0.761. The summed E-state index contributed by atoms with van der Waals surface area (Å²) < 4.78 is 5.03. The number of para-hydroxylation sites is 1. The lowest BCUT2D eigenvalue weighted by Crippen LogP contribution is -2.36. The van der Waals surface area contributed by atoms with E-state index in [1.54, 1.807) is 7.11 Å². The highest BCUT2D eigenvalue weighted by Gasteiger charge is 2.20. The van der Waals surface area contributed by atoms with Crippen molar-refractivity contribution in [1.82, 2.24) is 5.32 Å². The van der Waals surface area contributed by atoms with Crippen molar-refractivity contribution < 1.29 is 4.74 Å². The van der Waals surface area contributed by atoms with Crippen LogP contribution in [0.4, 0.5) is 5.69 Å². The van der Waals surface area contributed by atoms with Gasteiger partial charge in [-0.3, -0.25) is 0 Å². The molecule has 0 saturated heterocycles. The van der Waals surface area contributed by atoms with Gasteiger partial charge >= 0.3 is 0 Å². The average molecular weight is 262 g/mol. The number of hydrogen-bond acceptors (Lipinski definition) is 3. The van der Waals surface area contributed by atoms with Crippen LogP contribution in [0, 0.1) is 5.92 Å². The normalized spacial score (nSPS) is 18.4. The minimum atomic E-state index is 0.761. The van der Waals surface area contributed by atoms with E-state index in [9.17, 15) is 0 Å². The predicted molar refractivity (Wildman–Crippen MR) is 80.9 cm³/mol. The molecule has 3 nitrogen and oxygen atoms in total. The first-order chi connectivity index (χ1) is 9.31. The largest absolute Gasteiger partial charge is 0.383 e. The fourth-order valence-corrected chi connectivity index (χ4v) is 2.81. The quantitative estimate of drug-likeness (QED) is 0.763. The highest BCUT2D eigenvalue weighted by Crippen LogP contribution is 2.29. The summed E-state index contributed by atoms with van der Waals surface area (Å²) in [7, 11) is 1.74. The van der Waals surface area contributed by atoms with Crippen molar-refractivity contribution in [3.05, 3.63) is 29.8 Å². The molecule has 1 heterocycles. The molecule has 0 spiro atoms. The van der Waals surface area contributed by atoms with Crippen LogP contribution >= 0.6 is 0 Å². The molecule has 0 saturated carbocycles. The van der Waals surface area contributed by atoms with Gasteiger partial charge in [0.1, 0.15) is 0 Å². The number of anilines is 1. The zero-order valence-corrected chi connectivity index (χ0v) is 12.2. The number of nitrogens with zero attached hydrogens (tertiary/aromatic N) is 1. The van der Waals surface area contributed by atoms with E-state index >= 15 is 0 Å². The molecule has 106 valence electrons. The Bertz CT molecular complexity index is 381. The maximum absolute atomic E-state index is 5.03. The molecular formula is C16H26N2O. The Morgan fingerprint density at radius 2 is 2.16 bits per heavy atom. The molecule has 1 unspecified atom stereocenters. The summed E-state index contributed by atoms with van der Waals surface area (Å²) in [6.45, 7) is 7.49. The van der Waals surface area contributed by atoms with Gasteiger partial charge in [-0.2, -0.15) is 0 Å². The lowest BCUT2D eigenvalue weighted by Gasteiger charge is -2.35. The predicted octanol–water partition coefficient (Wildman–Crippen LogP) is 2.31. The Hall–Kier alpha value is -1.06. The molecule has 0 fully saturated rings. The zero-order chi connectivity index (χ0) is 13.5. The Morgan fingerprint density at radius 3 is 3.00 bits per heavy atom. The topological polar surface area (TPSA) is 24.5 Å². The molecule has 0 aliphatic carbocycles. The molecule has 0 amide bonds. The average Bonchev–Trinajstić information content (AvgIpc) is 2.42. The lowest BCUT2D eigenvalue weighted by atomic mass is 9.94. The van der Waals surface area contributed by atoms with Crippen molar-refractivity contribution >= 4 is 5.69 Å². The Morgan fingerprint density at radius 1 is 1.32 bits per heavy atom. The maximum Gasteiger partial charge on any atom is 0.0587 e. The highest BCUT2D eigenvalue weighted by molar-refractivity contribution is 5.55. The van der Waals surface area contributed by atoms with Gasteiger partial charge in [0.15, 0.2) is 0 Å². The lowest BCUT2D eigenvalue weighted by molar-refractivity contribution is 0.199. The molecule has 1 N–H and O–H groups in total. The van der Waals surface area contributed by atoms with Crippen molar-refractivity contribution in [3.63, 3.8) is 0 Å². The molecule has 1 aliphatic rings. The number of benzene rings is 1. The zero-order valence-electron chi connectivity index (χ0n) is 12.2. The Labute approximate surface area is 116 Å². The van der Waals surface area contributed by atoms with E-state index in [-0.39, 0.29) is 0 Å². The van der Waals surface area contributed by atoms with Gasteiger partial charge < -0.3 is 15.0 Å². The van der Waals surface area contributed by atoms with Gasteiger partial charge in [0.25, 0.3) is 0 Å². The van der Waals surface area contributed by atoms with Crippen molar-refractivity contribution in [2.24, 2.45) is 5.92 Å². The van der Waals surface area contributed by atoms with Crippen LogP contribution in [0.2, 0.25) is 0 Å². The van der Waals surface area contributed by atoms with E-state index in [0.29, 0.717) is 0 Å². The van der Waals surface area contributed by atoms with Gasteiger partial charge in [-0.05, 0) is 36.9 Å². The first-order valence-corrected chi connectivity index (χ1v) is 7.33. The van der Waals surface area contributed by atoms with E-state index in [1.165, 1.54) is 30.6 Å². The third-order valence-electron chi connectivity index (χ3n) is 3.70. The van der Waals surface area contributed by atoms with Crippen LogP contribution in [0.3, 0.4) is 0 Å². The Balaban J connectivity index is 1.80. The van der Waals surface area contributed by atoms with Crippen LogP contribution < -0.4 is 10.2 Å². The van der Waals surface area contributed by atoms with Crippen molar-refractivity contribution in [3.8, 4) is 0 Å². The first kappa shape index (κ1) is 14.4. The number of rotatable bonds is 7. The van der Waals surface area contributed by atoms with Crippen LogP contribution in [-0.2, 0) is 11.2 Å². The Kier molecular flexibility index (Phi) is 5.67. The van der Waals surface area contributed by atoms with Gasteiger partial charge in [-0.1, -0.05) is 25.1 Å². The van der Waals surface area contributed by atoms with Crippen LogP contribution in [0.1, 0.15) is 18.9 Å². The third-order valence-corrected chi connectivity index (χ3v) is 3.70. The van der Waals surface area contributed by atoms with E-state index in [0.717, 1.165) is 32.2 Å². The van der Waals surface area contributed by atoms with E-state index in [2.05, 4.69) is 41.4 Å². The third kappa shape index (κ3) is 4.22. The van der Waals surface area contributed by atoms with Crippen LogP contribution in [-0.4, -0.2) is 39.9 Å². The summed E-state index contributed by atoms with van der Waals surface area (Å²) in [5, 5.41) is 3.41. The van der Waals surface area contributed by atoms with Crippen LogP contribution in [0.25, 0.3) is 0 Å². The van der Waals surface area contributed by atoms with E-state index in [4.69, 9.17) is 4.74 Å². The SMILES string of the molecule is COCCNCCCN1CC(C)Cc2ccccc21. The van der Waals surface area contributed by atoms with Crippen LogP contribution in [0.15, 0.2) is 24.3 Å². The maximum atomic E-state index is 5.03. The summed E-state index contributed by atoms with van der Waals surface area (Å²) in [5.41, 5.74) is 2.95. The van der Waals surface area contributed by atoms with E-state index < -0.39 is 0 Å². The second kappa shape index (κ2) is 7.51. The molecule has 19 heavy (non-hydrogen) atoms. The summed E-state index contributed by atoms with van der Waals surface area (Å²) >= 11 is 0. The molecular weight excluding hydrogens is 236 g/mol. The van der Waals surface area contributed by atoms with Crippen molar-refractivity contribution in [1.29, 1.82) is 0 Å². The number of methoxy groups -OCH3 is 1. The monoisotopic (exact) mass is 262 g/mol. The standard InChI is InChI=1S/C16H26N2O/c1-14-12-15-6-3-4-7-16(15)18(13-14)10-5-8-17-9-11-19-2/h3-4,6-7,14,17H,5,8-13H2,1-2H3. The smallest absolute Gasteiger partial charge is 0.0587 e. The first-order valence-electron chi connectivity index (χ1n) is 7.33. The molecule has 1 atom stereocenters. The molecule has 0 radical (unpaired) electrons. The van der Waals surface area contributed by atoms with Gasteiger partial charge in [-0.15, -0.1) is 0 Å². The van der Waals surface area contributed by atoms with Gasteiger partial charge in [0.05, 0.1) is 6.61 Å². The summed E-state index contributed by atoms with van der Waals surface area (Å²) in [4.78, 5) is 2.54. The molecule has 0 aromatic heterocycles. The molecule has 1 aromatic rings. The van der Waals surface area contributed by atoms with Gasteiger partial charge in [-0.25, -0.2) is 0 Å². The second-order valence-corrected chi connectivity index (χ2v) is 5.48. The van der Waals surface area contributed by atoms with Gasteiger partial charge in [0.2, 0.25) is 0 Å². The summed E-state index contributed by atoms with van der Waals surface area (Å²) in [5.74, 6) is 0.761. The molecule has 2 rings (SSSR count). The van der Waals surface area contributed by atoms with Crippen molar-refractivity contribution in [2.45, 2.75) is 19.8 Å². The number of hydrogen-bond donors (Lipinski definition) is 1. The highest BCUT2D eigenvalue weighted by atomic mass is 16.5.